The van der Waals surface area contributed by atoms with Crippen molar-refractivity contribution < 1.29 is 15.0 Å². The van der Waals surface area contributed by atoms with E-state index in [1.54, 1.807) is 0 Å². The fraction of sp³-hybridized carbons (Fsp3) is 0.909. The number of hydrogen-bond acceptors (Lipinski definition) is 4. The third-order valence-electron chi connectivity index (χ3n) is 8.45. The molecule has 0 aliphatic heterocycles. The predicted molar refractivity (Wildman–Crippen MR) is 121 cm³/mol. The van der Waals surface area contributed by atoms with E-state index in [2.05, 4.69) is 55.4 Å². The van der Waals surface area contributed by atoms with Crippen molar-refractivity contribution in [1.29, 1.82) is 0 Å². The standard InChI is InChI=1S/C10H16O4.6C2H5.2Pb/c1-9(2)6(7(11)12)4-5-10(9,3)8(13)14;6*1-2;;/h6H,4-5H2,1-3H3,(H,11,12)(H,13,14);6*1H2,2H3;;/q;;;;;;;2*+1/p-2. The van der Waals surface area contributed by atoms with Crippen LogP contribution in [0.4, 0.5) is 0 Å². The van der Waals surface area contributed by atoms with Crippen LogP contribution in [0.5, 0.6) is 0 Å². The molecule has 0 amide bonds. The minimum atomic E-state index is -2.99. The first-order valence-electron chi connectivity index (χ1n) is 11.4. The summed E-state index contributed by atoms with van der Waals surface area (Å²) < 4.78 is 18.9. The Morgan fingerprint density at radius 3 is 1.57 bits per heavy atom. The molecule has 1 saturated carbocycles. The molecule has 0 aromatic rings. The Morgan fingerprint density at radius 2 is 1.18 bits per heavy atom. The summed E-state index contributed by atoms with van der Waals surface area (Å²) in [6.07, 6.45) is 1.45. The first-order valence-corrected chi connectivity index (χ1v) is 31.1. The molecular formula is C22H44O4Pb2. The van der Waals surface area contributed by atoms with Gasteiger partial charge in [-0.1, -0.05) is 0 Å². The normalized spacial score (nSPS) is 24.8. The van der Waals surface area contributed by atoms with Gasteiger partial charge in [0.25, 0.3) is 0 Å². The molecule has 4 nitrogen and oxygen atoms in total. The molecule has 1 rings (SSSR count). The Balaban J connectivity index is 3.08. The number of hydrogen-bond donors (Lipinski definition) is 0. The van der Waals surface area contributed by atoms with Crippen molar-refractivity contribution in [2.45, 2.75) is 99.0 Å². The molecule has 0 aromatic carbocycles. The summed E-state index contributed by atoms with van der Waals surface area (Å²) in [7, 11) is 0. The van der Waals surface area contributed by atoms with E-state index in [9.17, 15) is 9.59 Å². The van der Waals surface area contributed by atoms with Crippen molar-refractivity contribution in [3.05, 3.63) is 0 Å². The van der Waals surface area contributed by atoms with Crippen LogP contribution in [0.1, 0.15) is 75.2 Å². The van der Waals surface area contributed by atoms with Crippen molar-refractivity contribution in [1.82, 2.24) is 0 Å². The average molecular weight is 787 g/mol. The monoisotopic (exact) mass is 788 g/mol. The first kappa shape index (κ1) is 26.8. The van der Waals surface area contributed by atoms with Crippen LogP contribution in [0.15, 0.2) is 0 Å². The van der Waals surface area contributed by atoms with Gasteiger partial charge in [-0.2, -0.15) is 0 Å². The van der Waals surface area contributed by atoms with E-state index in [0.29, 0.717) is 6.42 Å². The van der Waals surface area contributed by atoms with Crippen LogP contribution in [0.3, 0.4) is 0 Å². The van der Waals surface area contributed by atoms with Crippen molar-refractivity contribution in [3.63, 3.8) is 0 Å². The molecule has 0 spiro atoms. The third kappa shape index (κ3) is 4.98. The molecule has 0 N–H and O–H groups in total. The summed E-state index contributed by atoms with van der Waals surface area (Å²) in [5, 5.41) is 0. The second-order valence-corrected chi connectivity index (χ2v) is 45.9. The van der Waals surface area contributed by atoms with Gasteiger partial charge in [-0.3, -0.25) is 0 Å². The van der Waals surface area contributed by atoms with E-state index in [1.165, 1.54) is 0 Å². The zero-order valence-electron chi connectivity index (χ0n) is 19.9. The average Bonchev–Trinajstić information content (AvgIpc) is 2.94. The zero-order chi connectivity index (χ0) is 21.8. The van der Waals surface area contributed by atoms with E-state index in [0.717, 1.165) is 30.3 Å². The number of carbonyl (C=O) groups is 2. The molecule has 6 heteroatoms. The van der Waals surface area contributed by atoms with Gasteiger partial charge in [0.2, 0.25) is 0 Å². The van der Waals surface area contributed by atoms with Crippen molar-refractivity contribution in [3.8, 4) is 0 Å². The second kappa shape index (κ2) is 10.4. The van der Waals surface area contributed by atoms with Crippen molar-refractivity contribution in [2.75, 3.05) is 0 Å². The van der Waals surface area contributed by atoms with E-state index in [4.69, 9.17) is 5.37 Å². The van der Waals surface area contributed by atoms with Crippen LogP contribution in [0.2, 0.25) is 23.9 Å². The van der Waals surface area contributed by atoms with Gasteiger partial charge >= 0.3 is 186 Å². The summed E-state index contributed by atoms with van der Waals surface area (Å²) in [4.78, 5) is 26.6. The van der Waals surface area contributed by atoms with E-state index < -0.39 is 54.1 Å². The number of rotatable bonds is 10. The molecule has 2 atom stereocenters. The fourth-order valence-corrected chi connectivity index (χ4v) is 24.5. The molecule has 164 valence electrons. The molecule has 0 bridgehead atoms. The zero-order valence-corrected chi connectivity index (χ0v) is 27.6. The van der Waals surface area contributed by atoms with E-state index in [1.807, 2.05) is 6.92 Å². The van der Waals surface area contributed by atoms with Crippen molar-refractivity contribution >= 4 is 55.2 Å². The van der Waals surface area contributed by atoms with Crippen LogP contribution < -0.4 is 0 Å². The fourth-order valence-electron chi connectivity index (χ4n) is 4.80. The van der Waals surface area contributed by atoms with Gasteiger partial charge in [-0.15, -0.1) is 0 Å². The summed E-state index contributed by atoms with van der Waals surface area (Å²) in [6.45, 7) is 19.3. The van der Waals surface area contributed by atoms with Gasteiger partial charge in [-0.05, 0) is 0 Å². The molecule has 1 aliphatic rings. The molecule has 28 heavy (non-hydrogen) atoms. The van der Waals surface area contributed by atoms with Crippen LogP contribution in [-0.2, 0) is 15.0 Å². The maximum atomic E-state index is 13.4. The Bertz CT molecular complexity index is 536. The molecule has 1 fully saturated rings. The minimum absolute atomic E-state index is 0.0360. The quantitative estimate of drug-likeness (QED) is 0.237. The third-order valence-corrected chi connectivity index (χ3v) is 43.4. The summed E-state index contributed by atoms with van der Waals surface area (Å²) >= 11 is -5.95. The van der Waals surface area contributed by atoms with E-state index in [-0.39, 0.29) is 17.9 Å². The predicted octanol–water partition coefficient (Wildman–Crippen LogP) is 6.53. The van der Waals surface area contributed by atoms with Crippen molar-refractivity contribution in [2.24, 2.45) is 16.7 Å². The molecule has 0 radical (unpaired) electrons. The molecule has 0 saturated heterocycles. The SMILES string of the molecule is C[CH2][Pb]([CH2]C)([CH2]C)[O]C(=O)C1CCC(C)(C(=O)[O][Pb]([CH2]C)([CH2]C)[CH2]C)C1(C)C. The molecule has 0 heterocycles. The first-order chi connectivity index (χ1) is 13.0. The Kier molecular flexibility index (Phi) is 9.96. The second-order valence-electron chi connectivity index (χ2n) is 9.44. The van der Waals surface area contributed by atoms with Gasteiger partial charge in [-0.25, -0.2) is 0 Å². The summed E-state index contributed by atoms with van der Waals surface area (Å²) in [5.74, 6) is -0.284. The molecule has 0 aromatic heterocycles. The van der Waals surface area contributed by atoms with Gasteiger partial charge in [0.15, 0.2) is 0 Å². The Labute approximate surface area is 184 Å². The maximum absolute atomic E-state index is 13.4. The molecule has 2 unspecified atom stereocenters. The van der Waals surface area contributed by atoms with Crippen LogP contribution in [0.25, 0.3) is 0 Å². The van der Waals surface area contributed by atoms with Crippen LogP contribution >= 0.6 is 0 Å². The summed E-state index contributed by atoms with van der Waals surface area (Å²) in [6, 6.07) is 0. The topological polar surface area (TPSA) is 52.6 Å². The summed E-state index contributed by atoms with van der Waals surface area (Å²) in [5.41, 5.74) is -1.05. The van der Waals surface area contributed by atoms with Gasteiger partial charge < -0.3 is 0 Å². The number of carbonyl (C=O) groups excluding carboxylic acids is 2. The van der Waals surface area contributed by atoms with Crippen LogP contribution in [-0.4, -0.2) is 55.2 Å². The van der Waals surface area contributed by atoms with Gasteiger partial charge in [0.05, 0.1) is 0 Å². The molecule has 1 aliphatic carbocycles. The van der Waals surface area contributed by atoms with Crippen LogP contribution in [0, 0.1) is 16.7 Å². The van der Waals surface area contributed by atoms with Gasteiger partial charge in [0.1, 0.15) is 0 Å². The van der Waals surface area contributed by atoms with E-state index >= 15 is 0 Å². The Morgan fingerprint density at radius 1 is 0.786 bits per heavy atom. The van der Waals surface area contributed by atoms with Gasteiger partial charge in [0, 0.05) is 0 Å². The Hall–Kier alpha value is 0.784. The molecular weight excluding hydrogens is 743 g/mol.